The van der Waals surface area contributed by atoms with E-state index >= 15 is 0 Å². The van der Waals surface area contributed by atoms with Gasteiger partial charge in [0.2, 0.25) is 5.91 Å². The van der Waals surface area contributed by atoms with E-state index in [0.717, 1.165) is 12.0 Å². The smallest absolute Gasteiger partial charge is 0.338 e. The van der Waals surface area contributed by atoms with Crippen molar-refractivity contribution >= 4 is 35.2 Å². The van der Waals surface area contributed by atoms with E-state index in [0.29, 0.717) is 27.5 Å². The van der Waals surface area contributed by atoms with E-state index in [2.05, 4.69) is 10.6 Å². The maximum Gasteiger partial charge on any atom is 0.338 e. The van der Waals surface area contributed by atoms with E-state index in [1.165, 1.54) is 4.90 Å². The molecule has 1 atom stereocenters. The molecule has 0 aromatic heterocycles. The largest absolute Gasteiger partial charge is 0.456 e. The van der Waals surface area contributed by atoms with Crippen LogP contribution in [0.15, 0.2) is 59.8 Å². The number of hydrogen-bond acceptors (Lipinski definition) is 4. The standard InChI is InChI=1S/C22H20ClN3O4/c1-2-13-6-5-7-14(10-13)24-18(27)11-26-17-12-30-21(28)19(17)20(25-22(26)29)15-8-3-4-9-16(15)23/h3-10,20H,2,11-12H2,1H3,(H,24,27)(H,25,29)/t20-/m0/s1. The first kappa shape index (κ1) is 20.0. The van der Waals surface area contributed by atoms with Crippen LogP contribution in [0.2, 0.25) is 5.02 Å². The van der Waals surface area contributed by atoms with Crippen molar-refractivity contribution in [1.29, 1.82) is 0 Å². The summed E-state index contributed by atoms with van der Waals surface area (Å²) in [7, 11) is 0. The van der Waals surface area contributed by atoms with Crippen LogP contribution >= 0.6 is 11.6 Å². The fourth-order valence-electron chi connectivity index (χ4n) is 3.63. The topological polar surface area (TPSA) is 87.7 Å². The molecule has 2 aliphatic heterocycles. The Morgan fingerprint density at radius 2 is 2.03 bits per heavy atom. The number of anilines is 1. The molecule has 0 saturated carbocycles. The molecule has 0 saturated heterocycles. The second kappa shape index (κ2) is 8.20. The zero-order valence-corrected chi connectivity index (χ0v) is 17.0. The molecule has 154 valence electrons. The molecule has 0 unspecified atom stereocenters. The summed E-state index contributed by atoms with van der Waals surface area (Å²) in [5.41, 5.74) is 3.01. The number of benzene rings is 2. The number of hydrogen-bond donors (Lipinski definition) is 2. The molecule has 4 rings (SSSR count). The summed E-state index contributed by atoms with van der Waals surface area (Å²) in [4.78, 5) is 39.1. The van der Waals surface area contributed by atoms with Gasteiger partial charge in [-0.3, -0.25) is 9.69 Å². The molecule has 2 aromatic carbocycles. The molecule has 2 heterocycles. The van der Waals surface area contributed by atoms with Gasteiger partial charge < -0.3 is 15.4 Å². The number of cyclic esters (lactones) is 1. The van der Waals surface area contributed by atoms with Crippen molar-refractivity contribution < 1.29 is 19.1 Å². The van der Waals surface area contributed by atoms with Gasteiger partial charge in [-0.2, -0.15) is 0 Å². The highest BCUT2D eigenvalue weighted by Crippen LogP contribution is 2.37. The summed E-state index contributed by atoms with van der Waals surface area (Å²) in [6.07, 6.45) is 0.845. The molecule has 8 heteroatoms. The molecule has 2 aliphatic rings. The Morgan fingerprint density at radius 3 is 2.80 bits per heavy atom. The van der Waals surface area contributed by atoms with Crippen LogP contribution in [0.25, 0.3) is 0 Å². The van der Waals surface area contributed by atoms with Crippen LogP contribution in [-0.2, 0) is 20.7 Å². The summed E-state index contributed by atoms with van der Waals surface area (Å²) in [6.45, 7) is 1.72. The highest BCUT2D eigenvalue weighted by atomic mass is 35.5. The molecule has 7 nitrogen and oxygen atoms in total. The number of carbonyl (C=O) groups is 3. The lowest BCUT2D eigenvalue weighted by molar-refractivity contribution is -0.136. The van der Waals surface area contributed by atoms with Crippen LogP contribution in [0, 0.1) is 0 Å². The van der Waals surface area contributed by atoms with Crippen molar-refractivity contribution in [3.8, 4) is 0 Å². The summed E-state index contributed by atoms with van der Waals surface area (Å²) in [5, 5.41) is 6.00. The first-order valence-corrected chi connectivity index (χ1v) is 9.97. The zero-order valence-electron chi connectivity index (χ0n) is 16.3. The number of amides is 3. The van der Waals surface area contributed by atoms with Crippen molar-refractivity contribution in [1.82, 2.24) is 10.2 Å². The van der Waals surface area contributed by atoms with Crippen molar-refractivity contribution in [2.24, 2.45) is 0 Å². The summed E-state index contributed by atoms with van der Waals surface area (Å²) < 4.78 is 5.18. The van der Waals surface area contributed by atoms with Gasteiger partial charge in [-0.05, 0) is 35.7 Å². The van der Waals surface area contributed by atoms with Crippen molar-refractivity contribution in [3.05, 3.63) is 76.0 Å². The van der Waals surface area contributed by atoms with Crippen molar-refractivity contribution in [3.63, 3.8) is 0 Å². The Bertz CT molecular complexity index is 1070. The summed E-state index contributed by atoms with van der Waals surface area (Å²) in [6, 6.07) is 13.3. The third-order valence-electron chi connectivity index (χ3n) is 5.14. The first-order chi connectivity index (χ1) is 14.5. The molecule has 2 N–H and O–H groups in total. The number of halogens is 1. The van der Waals surface area contributed by atoms with Crippen molar-refractivity contribution in [2.75, 3.05) is 18.5 Å². The minimum absolute atomic E-state index is 0.0683. The molecule has 0 spiro atoms. The van der Waals surface area contributed by atoms with E-state index < -0.39 is 18.0 Å². The monoisotopic (exact) mass is 425 g/mol. The van der Waals surface area contributed by atoms with Gasteiger partial charge in [-0.1, -0.05) is 48.9 Å². The van der Waals surface area contributed by atoms with E-state index in [9.17, 15) is 14.4 Å². The molecular formula is C22H20ClN3O4. The minimum atomic E-state index is -0.725. The van der Waals surface area contributed by atoms with Gasteiger partial charge >= 0.3 is 12.0 Å². The van der Waals surface area contributed by atoms with Gasteiger partial charge in [-0.25, -0.2) is 9.59 Å². The predicted molar refractivity (Wildman–Crippen MR) is 112 cm³/mol. The lowest BCUT2D eigenvalue weighted by Crippen LogP contribution is -2.49. The molecular weight excluding hydrogens is 406 g/mol. The average Bonchev–Trinajstić information content (AvgIpc) is 3.12. The van der Waals surface area contributed by atoms with Crippen LogP contribution in [0.3, 0.4) is 0 Å². The van der Waals surface area contributed by atoms with E-state index in [4.69, 9.17) is 16.3 Å². The number of esters is 1. The lowest BCUT2D eigenvalue weighted by Gasteiger charge is -2.32. The minimum Gasteiger partial charge on any atom is -0.456 e. The third kappa shape index (κ3) is 3.76. The predicted octanol–water partition coefficient (Wildman–Crippen LogP) is 3.42. The zero-order chi connectivity index (χ0) is 21.3. The van der Waals surface area contributed by atoms with Crippen LogP contribution in [0.4, 0.5) is 10.5 Å². The van der Waals surface area contributed by atoms with Gasteiger partial charge in [0, 0.05) is 10.7 Å². The number of aryl methyl sites for hydroxylation is 1. The molecule has 2 aromatic rings. The van der Waals surface area contributed by atoms with Gasteiger partial charge in [0.1, 0.15) is 13.2 Å². The highest BCUT2D eigenvalue weighted by molar-refractivity contribution is 6.31. The van der Waals surface area contributed by atoms with Gasteiger partial charge in [0.15, 0.2) is 0 Å². The Balaban J connectivity index is 1.59. The van der Waals surface area contributed by atoms with Crippen LogP contribution in [0.1, 0.15) is 24.1 Å². The summed E-state index contributed by atoms with van der Waals surface area (Å²) in [5.74, 6) is -0.906. The van der Waals surface area contributed by atoms with Crippen molar-refractivity contribution in [2.45, 2.75) is 19.4 Å². The number of carbonyl (C=O) groups excluding carboxylic acids is 3. The fraction of sp³-hybridized carbons (Fsp3) is 0.227. The molecule has 30 heavy (non-hydrogen) atoms. The molecule has 3 amide bonds. The Labute approximate surface area is 178 Å². The second-order valence-corrected chi connectivity index (χ2v) is 7.44. The molecule has 0 aliphatic carbocycles. The number of ether oxygens (including phenoxy) is 1. The number of nitrogens with zero attached hydrogens (tertiary/aromatic N) is 1. The third-order valence-corrected chi connectivity index (χ3v) is 5.48. The van der Waals surface area contributed by atoms with Gasteiger partial charge in [0.05, 0.1) is 17.3 Å². The molecule has 0 bridgehead atoms. The normalized spacial score (nSPS) is 18.1. The lowest BCUT2D eigenvalue weighted by atomic mass is 9.95. The van der Waals surface area contributed by atoms with Gasteiger partial charge in [-0.15, -0.1) is 0 Å². The van der Waals surface area contributed by atoms with Crippen LogP contribution in [0.5, 0.6) is 0 Å². The highest BCUT2D eigenvalue weighted by Gasteiger charge is 2.43. The maximum absolute atomic E-state index is 12.8. The Morgan fingerprint density at radius 1 is 1.23 bits per heavy atom. The molecule has 0 fully saturated rings. The fourth-order valence-corrected chi connectivity index (χ4v) is 3.88. The SMILES string of the molecule is CCc1cccc(NC(=O)CN2C(=O)N[C@@H](c3ccccc3Cl)C3=C2COC3=O)c1. The first-order valence-electron chi connectivity index (χ1n) is 9.59. The summed E-state index contributed by atoms with van der Waals surface area (Å²) >= 11 is 6.28. The average molecular weight is 426 g/mol. The maximum atomic E-state index is 12.8. The Hall–Kier alpha value is -3.32. The number of urea groups is 1. The quantitative estimate of drug-likeness (QED) is 0.718. The van der Waals surface area contributed by atoms with Crippen LogP contribution in [-0.4, -0.2) is 36.0 Å². The van der Waals surface area contributed by atoms with E-state index in [1.54, 1.807) is 30.3 Å². The second-order valence-electron chi connectivity index (χ2n) is 7.03. The number of nitrogens with one attached hydrogen (secondary N) is 2. The van der Waals surface area contributed by atoms with Crippen LogP contribution < -0.4 is 10.6 Å². The Kier molecular flexibility index (Phi) is 5.46. The van der Waals surface area contributed by atoms with E-state index in [-0.39, 0.29) is 19.1 Å². The van der Waals surface area contributed by atoms with Gasteiger partial charge in [0.25, 0.3) is 0 Å². The number of rotatable bonds is 5. The molecule has 0 radical (unpaired) electrons. The van der Waals surface area contributed by atoms with E-state index in [1.807, 2.05) is 25.1 Å².